The molecule has 148 valence electrons. The highest BCUT2D eigenvalue weighted by Crippen LogP contribution is 2.27. The molecule has 3 N–H and O–H groups in total. The quantitative estimate of drug-likeness (QED) is 0.574. The molecule has 0 radical (unpaired) electrons. The number of halogens is 2. The van der Waals surface area contributed by atoms with Crippen molar-refractivity contribution >= 4 is 22.8 Å². The second kappa shape index (κ2) is 8.61. The maximum Gasteiger partial charge on any atom is 0.321 e. The van der Waals surface area contributed by atoms with Gasteiger partial charge in [0.25, 0.3) is 0 Å². The highest BCUT2D eigenvalue weighted by Gasteiger charge is 2.19. The van der Waals surface area contributed by atoms with Crippen LogP contribution in [0.2, 0.25) is 0 Å². The van der Waals surface area contributed by atoms with Gasteiger partial charge in [0.2, 0.25) is 5.88 Å². The van der Waals surface area contributed by atoms with Crippen LogP contribution in [0.5, 0.6) is 5.88 Å². The number of carbonyl (C=O) groups is 1. The van der Waals surface area contributed by atoms with E-state index in [-0.39, 0.29) is 23.8 Å². The third-order valence-electron chi connectivity index (χ3n) is 3.94. The Morgan fingerprint density at radius 2 is 2.04 bits per heavy atom. The zero-order valence-electron chi connectivity index (χ0n) is 15.3. The monoisotopic (exact) mass is 391 g/mol. The zero-order chi connectivity index (χ0) is 20.1. The van der Waals surface area contributed by atoms with Crippen LogP contribution in [0.25, 0.3) is 10.9 Å². The molecule has 2 aromatic heterocycles. The second-order valence-corrected chi connectivity index (χ2v) is 5.83. The van der Waals surface area contributed by atoms with Crippen LogP contribution in [-0.2, 0) is 4.74 Å². The summed E-state index contributed by atoms with van der Waals surface area (Å²) in [5.41, 5.74) is 0.706. The maximum atomic E-state index is 14.6. The first-order chi connectivity index (χ1) is 13.5. The number of aromatic amines is 1. The molecular weight excluding hydrogens is 372 g/mol. The number of hydrogen-bond donors (Lipinski definition) is 3. The number of anilines is 1. The first kappa shape index (κ1) is 19.5. The van der Waals surface area contributed by atoms with E-state index in [2.05, 4.69) is 25.8 Å². The fourth-order valence-electron chi connectivity index (χ4n) is 2.64. The summed E-state index contributed by atoms with van der Waals surface area (Å²) in [6.07, 6.45) is 1.36. The molecule has 0 unspecified atom stereocenters. The summed E-state index contributed by atoms with van der Waals surface area (Å²) < 4.78 is 38.1. The van der Waals surface area contributed by atoms with Gasteiger partial charge in [0.05, 0.1) is 24.6 Å². The van der Waals surface area contributed by atoms with E-state index in [1.807, 2.05) is 0 Å². The van der Waals surface area contributed by atoms with Crippen molar-refractivity contribution in [3.8, 4) is 5.88 Å². The fourth-order valence-corrected chi connectivity index (χ4v) is 2.64. The number of benzene rings is 1. The van der Waals surface area contributed by atoms with Gasteiger partial charge in [0.15, 0.2) is 11.6 Å². The number of H-pyrrole nitrogens is 1. The molecule has 0 spiro atoms. The van der Waals surface area contributed by atoms with E-state index >= 15 is 0 Å². The first-order valence-electron chi connectivity index (χ1n) is 8.50. The largest absolute Gasteiger partial charge is 0.476 e. The summed E-state index contributed by atoms with van der Waals surface area (Å²) >= 11 is 0. The van der Waals surface area contributed by atoms with E-state index in [1.54, 1.807) is 6.92 Å². The molecule has 0 aliphatic rings. The lowest BCUT2D eigenvalue weighted by Crippen LogP contribution is -2.35. The van der Waals surface area contributed by atoms with Gasteiger partial charge < -0.3 is 14.8 Å². The molecule has 0 fully saturated rings. The molecule has 3 rings (SSSR count). The number of nitrogens with zero attached hydrogens (tertiary/aromatic N) is 2. The van der Waals surface area contributed by atoms with Crippen molar-refractivity contribution in [3.05, 3.63) is 47.7 Å². The SMILES string of the molecule is CCOc1n[nH]c2c(F)c(NC(=O)N[C@H](COC)c3ccc(F)cc3)ncc12. The highest BCUT2D eigenvalue weighted by molar-refractivity contribution is 5.92. The van der Waals surface area contributed by atoms with Crippen LogP contribution in [-0.4, -0.2) is 41.5 Å². The van der Waals surface area contributed by atoms with Gasteiger partial charge in [-0.25, -0.2) is 18.6 Å². The summed E-state index contributed by atoms with van der Waals surface area (Å²) in [4.78, 5) is 16.3. The number of methoxy groups -OCH3 is 1. The number of urea groups is 1. The van der Waals surface area contributed by atoms with Crippen molar-refractivity contribution in [1.29, 1.82) is 0 Å². The number of ether oxygens (including phenoxy) is 2. The molecule has 28 heavy (non-hydrogen) atoms. The Bertz CT molecular complexity index is 962. The normalized spacial score (nSPS) is 12.0. The third kappa shape index (κ3) is 4.17. The molecule has 3 aromatic rings. The number of pyridine rings is 1. The summed E-state index contributed by atoms with van der Waals surface area (Å²) in [6, 6.07) is 4.37. The molecule has 0 aliphatic carbocycles. The molecule has 2 heterocycles. The molecule has 0 saturated carbocycles. The lowest BCUT2D eigenvalue weighted by molar-refractivity contribution is 0.168. The summed E-state index contributed by atoms with van der Waals surface area (Å²) in [7, 11) is 1.47. The van der Waals surface area contributed by atoms with Crippen LogP contribution in [0.1, 0.15) is 18.5 Å². The summed E-state index contributed by atoms with van der Waals surface area (Å²) in [5.74, 6) is -1.20. The minimum absolute atomic E-state index is 0.0701. The minimum Gasteiger partial charge on any atom is -0.476 e. The summed E-state index contributed by atoms with van der Waals surface area (Å²) in [5, 5.41) is 11.8. The van der Waals surface area contributed by atoms with Gasteiger partial charge in [-0.2, -0.15) is 0 Å². The third-order valence-corrected chi connectivity index (χ3v) is 3.94. The highest BCUT2D eigenvalue weighted by atomic mass is 19.1. The average molecular weight is 391 g/mol. The smallest absolute Gasteiger partial charge is 0.321 e. The molecule has 8 nitrogen and oxygen atoms in total. The molecule has 0 saturated heterocycles. The standard InChI is InChI=1S/C18H19F2N5O3/c1-3-28-17-12-8-21-16(14(20)15(12)24-25-17)23-18(26)22-13(9-27-2)10-4-6-11(19)7-5-10/h4-8,13H,3,9H2,1-2H3,(H,24,25)(H2,21,22,23,26)/t13-/m1/s1. The number of hydrogen-bond acceptors (Lipinski definition) is 5. The number of rotatable bonds is 7. The molecule has 0 bridgehead atoms. The van der Waals surface area contributed by atoms with E-state index in [0.29, 0.717) is 17.6 Å². The molecule has 10 heteroatoms. The minimum atomic E-state index is -0.767. The molecular formula is C18H19F2N5O3. The van der Waals surface area contributed by atoms with Crippen LogP contribution < -0.4 is 15.4 Å². The van der Waals surface area contributed by atoms with Crippen molar-refractivity contribution in [2.75, 3.05) is 25.6 Å². The number of carbonyl (C=O) groups excluding carboxylic acids is 1. The fraction of sp³-hybridized carbons (Fsp3) is 0.278. The lowest BCUT2D eigenvalue weighted by Gasteiger charge is -2.18. The van der Waals surface area contributed by atoms with Gasteiger partial charge in [0, 0.05) is 13.3 Å². The Morgan fingerprint density at radius 3 is 2.71 bits per heavy atom. The predicted octanol–water partition coefficient (Wildman–Crippen LogP) is 3.14. The van der Waals surface area contributed by atoms with E-state index < -0.39 is 23.7 Å². The van der Waals surface area contributed by atoms with Crippen LogP contribution in [0.15, 0.2) is 30.5 Å². The first-order valence-corrected chi connectivity index (χ1v) is 8.50. The number of amides is 2. The van der Waals surface area contributed by atoms with Crippen molar-refractivity contribution in [3.63, 3.8) is 0 Å². The zero-order valence-corrected chi connectivity index (χ0v) is 15.3. The van der Waals surface area contributed by atoms with Gasteiger partial charge in [-0.15, -0.1) is 5.10 Å². The predicted molar refractivity (Wildman–Crippen MR) is 98.2 cm³/mol. The molecule has 2 amide bonds. The van der Waals surface area contributed by atoms with Gasteiger partial charge >= 0.3 is 6.03 Å². The summed E-state index contributed by atoms with van der Waals surface area (Å²) in [6.45, 7) is 2.29. The van der Waals surface area contributed by atoms with E-state index in [9.17, 15) is 13.6 Å². The van der Waals surface area contributed by atoms with Crippen LogP contribution >= 0.6 is 0 Å². The van der Waals surface area contributed by atoms with E-state index in [1.165, 1.54) is 37.6 Å². The van der Waals surface area contributed by atoms with Crippen molar-refractivity contribution in [2.45, 2.75) is 13.0 Å². The van der Waals surface area contributed by atoms with Crippen LogP contribution in [0.4, 0.5) is 19.4 Å². The molecule has 1 aromatic carbocycles. The Labute approximate surface area is 159 Å². The van der Waals surface area contributed by atoms with Crippen molar-refractivity contribution in [1.82, 2.24) is 20.5 Å². The van der Waals surface area contributed by atoms with Gasteiger partial charge in [0.1, 0.15) is 11.3 Å². The van der Waals surface area contributed by atoms with Gasteiger partial charge in [-0.05, 0) is 24.6 Å². The Hall–Kier alpha value is -3.27. The topological polar surface area (TPSA) is 101 Å². The Balaban J connectivity index is 1.76. The van der Waals surface area contributed by atoms with Crippen molar-refractivity contribution in [2.24, 2.45) is 0 Å². The second-order valence-electron chi connectivity index (χ2n) is 5.83. The number of aromatic nitrogens is 3. The average Bonchev–Trinajstić information content (AvgIpc) is 3.08. The number of fused-ring (bicyclic) bond motifs is 1. The maximum absolute atomic E-state index is 14.6. The lowest BCUT2D eigenvalue weighted by atomic mass is 10.1. The van der Waals surface area contributed by atoms with E-state index in [0.717, 1.165) is 0 Å². The van der Waals surface area contributed by atoms with Gasteiger partial charge in [-0.3, -0.25) is 10.4 Å². The Kier molecular flexibility index (Phi) is 5.99. The molecule has 1 atom stereocenters. The molecule has 0 aliphatic heterocycles. The van der Waals surface area contributed by atoms with E-state index in [4.69, 9.17) is 9.47 Å². The van der Waals surface area contributed by atoms with Crippen LogP contribution in [0, 0.1) is 11.6 Å². The number of nitrogens with one attached hydrogen (secondary N) is 3. The van der Waals surface area contributed by atoms with Gasteiger partial charge in [-0.1, -0.05) is 12.1 Å². The van der Waals surface area contributed by atoms with Crippen LogP contribution in [0.3, 0.4) is 0 Å². The Morgan fingerprint density at radius 1 is 1.29 bits per heavy atom. The van der Waals surface area contributed by atoms with Crippen molar-refractivity contribution < 1.29 is 23.0 Å².